The van der Waals surface area contributed by atoms with Gasteiger partial charge in [-0.3, -0.25) is 0 Å². The highest BCUT2D eigenvalue weighted by molar-refractivity contribution is 7.85. The van der Waals surface area contributed by atoms with Crippen LogP contribution in [-0.2, 0) is 4.57 Å². The molecule has 0 unspecified atom stereocenters. The fraction of sp³-hybridized carbons (Fsp3) is 0. The van der Waals surface area contributed by atoms with Crippen molar-refractivity contribution in [1.82, 2.24) is 13.7 Å². The second-order valence-corrected chi connectivity index (χ2v) is 23.4. The quantitative estimate of drug-likeness (QED) is 0.133. The molecule has 0 saturated carbocycles. The Bertz CT molecular complexity index is 4290. The molecule has 0 N–H and O–H groups in total. The standard InChI is InChI=1S/C66H45N3OP2/c70-72(52-28-12-4-13-29-52,53-30-14-5-15-31-53)54-44-40-48(41-45-54)67-58-35-19-16-32-55(58)61-62-56-33-17-20-36-59(56)68(46-22-6-1-7-23-46)65(62)66-63(64(61)67)57-34-18-21-37-60(57)69(66)47-38-42-51(43-39-47)71(49-24-8-2-9-25-49)50-26-10-3-11-27-50/h1-45H. The zero-order valence-corrected chi connectivity index (χ0v) is 40.9. The number of fused-ring (bicyclic) bond motifs is 12. The van der Waals surface area contributed by atoms with Crippen molar-refractivity contribution in [3.8, 4) is 17.1 Å². The lowest BCUT2D eigenvalue weighted by Crippen LogP contribution is -2.24. The van der Waals surface area contributed by atoms with Gasteiger partial charge in [-0.1, -0.05) is 206 Å². The van der Waals surface area contributed by atoms with E-state index >= 15 is 4.57 Å². The first kappa shape index (κ1) is 42.4. The summed E-state index contributed by atoms with van der Waals surface area (Å²) in [7, 11) is -4.02. The van der Waals surface area contributed by atoms with Crippen LogP contribution in [0.4, 0.5) is 0 Å². The maximum atomic E-state index is 15.7. The lowest BCUT2D eigenvalue weighted by Gasteiger charge is -2.20. The Labute approximate surface area is 418 Å². The first-order chi connectivity index (χ1) is 35.7. The molecule has 11 aromatic carbocycles. The Morgan fingerprint density at radius 3 is 1.04 bits per heavy atom. The monoisotopic (exact) mass is 957 g/mol. The maximum absolute atomic E-state index is 15.7. The van der Waals surface area contributed by atoms with Gasteiger partial charge in [0.15, 0.2) is 7.14 Å². The minimum Gasteiger partial charge on any atom is -0.309 e. The molecule has 0 aliphatic rings. The highest BCUT2D eigenvalue weighted by Gasteiger charge is 2.32. The molecule has 14 aromatic rings. The summed E-state index contributed by atoms with van der Waals surface area (Å²) in [5, 5.41) is 13.5. The number of benzene rings is 11. The summed E-state index contributed by atoms with van der Waals surface area (Å²) in [5.41, 5.74) is 10.0. The SMILES string of the molecule is O=P(c1ccccc1)(c1ccccc1)c1ccc(-n2c3ccccc3c3c4c5ccccc5n(-c5ccccc5)c4c4c(c5ccccc5n4-c4ccc(P(c5ccccc5)c5ccccc5)cc4)c32)cc1. The molecule has 4 nitrogen and oxygen atoms in total. The molecular formula is C66H45N3OP2. The first-order valence-corrected chi connectivity index (χ1v) is 27.5. The van der Waals surface area contributed by atoms with Gasteiger partial charge < -0.3 is 18.3 Å². The van der Waals surface area contributed by atoms with Crippen LogP contribution in [0.1, 0.15) is 0 Å². The Balaban J connectivity index is 1.10. The summed E-state index contributed by atoms with van der Waals surface area (Å²) < 4.78 is 23.2. The molecule has 0 aliphatic heterocycles. The molecule has 0 fully saturated rings. The predicted octanol–water partition coefficient (Wildman–Crippen LogP) is 14.4. The van der Waals surface area contributed by atoms with Crippen molar-refractivity contribution in [3.05, 3.63) is 273 Å². The fourth-order valence-electron chi connectivity index (χ4n) is 11.4. The van der Waals surface area contributed by atoms with Crippen molar-refractivity contribution in [1.29, 1.82) is 0 Å². The average Bonchev–Trinajstić information content (AvgIpc) is 4.11. The molecule has 3 aromatic heterocycles. The van der Waals surface area contributed by atoms with E-state index in [4.69, 9.17) is 0 Å². The Morgan fingerprint density at radius 1 is 0.264 bits per heavy atom. The third kappa shape index (κ3) is 6.47. The van der Waals surface area contributed by atoms with Crippen LogP contribution in [0.25, 0.3) is 82.5 Å². The lowest BCUT2D eigenvalue weighted by atomic mass is 10.0. The number of hydrogen-bond acceptors (Lipinski definition) is 1. The van der Waals surface area contributed by atoms with Crippen LogP contribution in [0.3, 0.4) is 0 Å². The zero-order valence-electron chi connectivity index (χ0n) is 39.1. The summed E-state index contributed by atoms with van der Waals surface area (Å²) in [6, 6.07) is 97.2. The van der Waals surface area contributed by atoms with E-state index < -0.39 is 15.1 Å². The van der Waals surface area contributed by atoms with Gasteiger partial charge in [-0.25, -0.2) is 0 Å². The van der Waals surface area contributed by atoms with E-state index in [1.807, 2.05) is 60.7 Å². The van der Waals surface area contributed by atoms with Gasteiger partial charge in [-0.15, -0.1) is 0 Å². The Morgan fingerprint density at radius 2 is 0.569 bits per heavy atom. The van der Waals surface area contributed by atoms with Gasteiger partial charge in [-0.05, 0) is 90.6 Å². The van der Waals surface area contributed by atoms with Gasteiger partial charge in [0.05, 0.1) is 33.1 Å². The largest absolute Gasteiger partial charge is 0.309 e. The summed E-state index contributed by atoms with van der Waals surface area (Å²) in [5.74, 6) is 0. The normalized spacial score (nSPS) is 12.1. The Hall–Kier alpha value is -8.52. The van der Waals surface area contributed by atoms with E-state index in [0.29, 0.717) is 0 Å². The molecule has 3 heterocycles. The van der Waals surface area contributed by atoms with Crippen molar-refractivity contribution in [3.63, 3.8) is 0 Å². The molecule has 0 bridgehead atoms. The smallest absolute Gasteiger partial charge is 0.171 e. The van der Waals surface area contributed by atoms with E-state index in [0.717, 1.165) is 66.1 Å². The van der Waals surface area contributed by atoms with Crippen LogP contribution in [0, 0.1) is 0 Å². The van der Waals surface area contributed by atoms with Crippen LogP contribution in [0.2, 0.25) is 0 Å². The van der Waals surface area contributed by atoms with Gasteiger partial charge >= 0.3 is 0 Å². The van der Waals surface area contributed by atoms with Gasteiger partial charge in [0, 0.05) is 65.3 Å². The average molecular weight is 958 g/mol. The van der Waals surface area contributed by atoms with E-state index in [9.17, 15) is 0 Å². The maximum Gasteiger partial charge on any atom is 0.171 e. The molecule has 14 rings (SSSR count). The number of hydrogen-bond donors (Lipinski definition) is 0. The summed E-state index contributed by atoms with van der Waals surface area (Å²) >= 11 is 0. The third-order valence-corrected chi connectivity index (χ3v) is 20.0. The van der Waals surface area contributed by atoms with Gasteiger partial charge in [-0.2, -0.15) is 0 Å². The van der Waals surface area contributed by atoms with Crippen LogP contribution in [0.15, 0.2) is 273 Å². The zero-order chi connectivity index (χ0) is 47.8. The van der Waals surface area contributed by atoms with Crippen molar-refractivity contribution >= 4 is 112 Å². The van der Waals surface area contributed by atoms with Gasteiger partial charge in [0.2, 0.25) is 0 Å². The van der Waals surface area contributed by atoms with E-state index in [2.05, 4.69) is 226 Å². The van der Waals surface area contributed by atoms with Crippen molar-refractivity contribution in [2.75, 3.05) is 0 Å². The van der Waals surface area contributed by atoms with Crippen molar-refractivity contribution < 1.29 is 4.57 Å². The van der Waals surface area contributed by atoms with Gasteiger partial charge in [0.25, 0.3) is 0 Å². The summed E-state index contributed by atoms with van der Waals surface area (Å²) in [4.78, 5) is 0. The minimum atomic E-state index is -3.22. The van der Waals surface area contributed by atoms with E-state index in [-0.39, 0.29) is 0 Å². The topological polar surface area (TPSA) is 31.9 Å². The molecule has 0 atom stereocenters. The van der Waals surface area contributed by atoms with E-state index in [1.54, 1.807) is 0 Å². The molecule has 72 heavy (non-hydrogen) atoms. The van der Waals surface area contributed by atoms with Crippen LogP contribution in [-0.4, -0.2) is 13.7 Å². The summed E-state index contributed by atoms with van der Waals surface area (Å²) in [6.07, 6.45) is 0. The van der Waals surface area contributed by atoms with E-state index in [1.165, 1.54) is 48.2 Å². The number of para-hydroxylation sites is 4. The molecule has 0 spiro atoms. The van der Waals surface area contributed by atoms with Crippen molar-refractivity contribution in [2.24, 2.45) is 0 Å². The van der Waals surface area contributed by atoms with Gasteiger partial charge in [0.1, 0.15) is 0 Å². The van der Waals surface area contributed by atoms with Crippen LogP contribution >= 0.6 is 15.1 Å². The number of nitrogens with zero attached hydrogens (tertiary/aromatic N) is 3. The molecule has 0 saturated heterocycles. The predicted molar refractivity (Wildman–Crippen MR) is 308 cm³/mol. The highest BCUT2D eigenvalue weighted by Crippen LogP contribution is 2.51. The molecular weight excluding hydrogens is 913 g/mol. The Kier molecular flexibility index (Phi) is 10.1. The van der Waals surface area contributed by atoms with Crippen molar-refractivity contribution in [2.45, 2.75) is 0 Å². The molecule has 0 radical (unpaired) electrons. The number of aromatic nitrogens is 3. The fourth-order valence-corrected chi connectivity index (χ4v) is 16.3. The molecule has 6 heteroatoms. The third-order valence-electron chi connectivity index (χ3n) is 14.5. The lowest BCUT2D eigenvalue weighted by molar-refractivity contribution is 0.592. The van der Waals surface area contributed by atoms with Crippen LogP contribution < -0.4 is 31.8 Å². The first-order valence-electron chi connectivity index (χ1n) is 24.5. The molecule has 0 aliphatic carbocycles. The summed E-state index contributed by atoms with van der Waals surface area (Å²) in [6.45, 7) is 0. The second kappa shape index (κ2) is 17.1. The minimum absolute atomic E-state index is 0.797. The molecule has 340 valence electrons. The van der Waals surface area contributed by atoms with Crippen LogP contribution in [0.5, 0.6) is 0 Å². The number of rotatable bonds is 9. The molecule has 0 amide bonds. The highest BCUT2D eigenvalue weighted by atomic mass is 31.2. The second-order valence-electron chi connectivity index (χ2n) is 18.4.